The Morgan fingerprint density at radius 2 is 2.08 bits per heavy atom. The first-order valence-corrected chi connectivity index (χ1v) is 9.73. The number of anilines is 2. The van der Waals surface area contributed by atoms with Crippen LogP contribution in [-0.2, 0) is 4.84 Å². The van der Waals surface area contributed by atoms with Crippen LogP contribution in [0.5, 0.6) is 0 Å². The maximum absolute atomic E-state index is 6.44. The van der Waals surface area contributed by atoms with Gasteiger partial charge in [-0.2, -0.15) is 0 Å². The SMILES string of the molecule is Cc1nc(N)nc2sc(N(C)N3NC[C@]4(CC5CCC4CC5)O3)nc12. The Bertz CT molecular complexity index is 818. The number of hydrogen-bond acceptors (Lipinski definition) is 9. The molecule has 0 aromatic carbocycles. The van der Waals surface area contributed by atoms with E-state index in [-0.39, 0.29) is 11.5 Å². The van der Waals surface area contributed by atoms with Crippen molar-refractivity contribution in [3.05, 3.63) is 5.69 Å². The quantitative estimate of drug-likeness (QED) is 0.839. The molecule has 6 rings (SSSR count). The first-order valence-electron chi connectivity index (χ1n) is 8.91. The van der Waals surface area contributed by atoms with E-state index in [1.807, 2.05) is 19.0 Å². The van der Waals surface area contributed by atoms with Crippen LogP contribution in [0.25, 0.3) is 10.3 Å². The lowest BCUT2D eigenvalue weighted by Crippen LogP contribution is -2.50. The standard InChI is InChI=1S/C16H23N7OS/c1-9-12-13(21-14(17)19-9)25-15(20-12)22(2)23-18-8-16(24-23)7-10-3-5-11(16)6-4-10/h10-11,18H,3-8H2,1-2H3,(H2,17,19,21)/t10?,11?,16-/m0/s1. The zero-order valence-electron chi connectivity index (χ0n) is 14.5. The van der Waals surface area contributed by atoms with E-state index in [0.717, 1.165) is 40.1 Å². The molecule has 3 N–H and O–H groups in total. The van der Waals surface area contributed by atoms with Crippen molar-refractivity contribution in [2.75, 3.05) is 24.3 Å². The maximum atomic E-state index is 6.44. The van der Waals surface area contributed by atoms with E-state index in [2.05, 4.69) is 20.4 Å². The predicted molar refractivity (Wildman–Crippen MR) is 96.5 cm³/mol. The van der Waals surface area contributed by atoms with Crippen LogP contribution < -0.4 is 16.2 Å². The molecule has 0 unspecified atom stereocenters. The summed E-state index contributed by atoms with van der Waals surface area (Å²) in [6.07, 6.45) is 6.47. The van der Waals surface area contributed by atoms with Gasteiger partial charge in [-0.05, 0) is 56.1 Å². The van der Waals surface area contributed by atoms with Crippen LogP contribution >= 0.6 is 11.3 Å². The molecule has 3 aliphatic carbocycles. The van der Waals surface area contributed by atoms with E-state index in [1.54, 1.807) is 5.28 Å². The molecule has 0 amide bonds. The molecule has 1 saturated heterocycles. The Morgan fingerprint density at radius 1 is 1.28 bits per heavy atom. The van der Waals surface area contributed by atoms with E-state index in [4.69, 9.17) is 10.6 Å². The Morgan fingerprint density at radius 3 is 2.80 bits per heavy atom. The minimum atomic E-state index is -0.0493. The van der Waals surface area contributed by atoms with Crippen LogP contribution in [0.15, 0.2) is 0 Å². The number of rotatable bonds is 2. The molecule has 1 atom stereocenters. The largest absolute Gasteiger partial charge is 0.368 e. The van der Waals surface area contributed by atoms with Gasteiger partial charge in [-0.1, -0.05) is 11.3 Å². The van der Waals surface area contributed by atoms with Crippen LogP contribution in [0.3, 0.4) is 0 Å². The van der Waals surface area contributed by atoms with Gasteiger partial charge in [0.05, 0.1) is 5.69 Å². The summed E-state index contributed by atoms with van der Waals surface area (Å²) in [6.45, 7) is 2.78. The maximum Gasteiger partial charge on any atom is 0.221 e. The normalized spacial score (nSPS) is 32.1. The second-order valence-electron chi connectivity index (χ2n) is 7.53. The summed E-state index contributed by atoms with van der Waals surface area (Å²) in [6, 6.07) is 0. The molecule has 25 heavy (non-hydrogen) atoms. The number of hydrogen-bond donors (Lipinski definition) is 2. The average Bonchev–Trinajstić information content (AvgIpc) is 3.20. The lowest BCUT2D eigenvalue weighted by molar-refractivity contribution is -0.251. The molecule has 2 aromatic rings. The van der Waals surface area contributed by atoms with Crippen molar-refractivity contribution < 1.29 is 4.84 Å². The number of hydrazine groups is 2. The monoisotopic (exact) mass is 361 g/mol. The summed E-state index contributed by atoms with van der Waals surface area (Å²) in [5, 5.41) is 4.48. The summed E-state index contributed by atoms with van der Waals surface area (Å²) < 4.78 is 0. The van der Waals surface area contributed by atoms with Gasteiger partial charge in [0.25, 0.3) is 0 Å². The third-order valence-electron chi connectivity index (χ3n) is 6.00. The van der Waals surface area contributed by atoms with Crippen LogP contribution in [0.4, 0.5) is 11.1 Å². The minimum Gasteiger partial charge on any atom is -0.368 e. The average molecular weight is 361 g/mol. The second-order valence-corrected chi connectivity index (χ2v) is 8.48. The molecule has 2 aromatic heterocycles. The number of nitrogens with one attached hydrogen (secondary N) is 1. The van der Waals surface area contributed by atoms with E-state index in [0.29, 0.717) is 5.92 Å². The highest BCUT2D eigenvalue weighted by molar-refractivity contribution is 7.21. The second kappa shape index (κ2) is 5.47. The lowest BCUT2D eigenvalue weighted by Gasteiger charge is -2.48. The highest BCUT2D eigenvalue weighted by Crippen LogP contribution is 2.50. The van der Waals surface area contributed by atoms with Gasteiger partial charge in [0.2, 0.25) is 11.1 Å². The van der Waals surface area contributed by atoms with Crippen molar-refractivity contribution >= 4 is 32.8 Å². The summed E-state index contributed by atoms with van der Waals surface area (Å²) in [7, 11) is 1.96. The van der Waals surface area contributed by atoms with Crippen LogP contribution in [0.2, 0.25) is 0 Å². The van der Waals surface area contributed by atoms with Gasteiger partial charge in [-0.3, -0.25) is 4.84 Å². The van der Waals surface area contributed by atoms with Crippen molar-refractivity contribution in [2.45, 2.75) is 44.6 Å². The number of nitrogens with zero attached hydrogens (tertiary/aromatic N) is 5. The van der Waals surface area contributed by atoms with Gasteiger partial charge in [0.15, 0.2) is 4.83 Å². The van der Waals surface area contributed by atoms with Gasteiger partial charge in [-0.15, -0.1) is 0 Å². The van der Waals surface area contributed by atoms with Gasteiger partial charge in [0, 0.05) is 13.6 Å². The fourth-order valence-corrected chi connectivity index (χ4v) is 5.61. The van der Waals surface area contributed by atoms with Crippen molar-refractivity contribution in [1.29, 1.82) is 0 Å². The Hall–Kier alpha value is -1.55. The van der Waals surface area contributed by atoms with E-state index < -0.39 is 0 Å². The first kappa shape index (κ1) is 15.7. The molecule has 1 spiro atoms. The van der Waals surface area contributed by atoms with E-state index in [9.17, 15) is 0 Å². The third kappa shape index (κ3) is 2.41. The van der Waals surface area contributed by atoms with E-state index >= 15 is 0 Å². The Labute approximate surface area is 150 Å². The number of aromatic nitrogens is 3. The Kier molecular flexibility index (Phi) is 3.43. The van der Waals surface area contributed by atoms with Gasteiger partial charge < -0.3 is 5.73 Å². The molecular weight excluding hydrogens is 338 g/mol. The summed E-state index contributed by atoms with van der Waals surface area (Å²) in [5.41, 5.74) is 10.7. The molecule has 4 fully saturated rings. The van der Waals surface area contributed by atoms with Gasteiger partial charge in [-0.25, -0.2) is 25.4 Å². The molecule has 9 heteroatoms. The van der Waals surface area contributed by atoms with Crippen LogP contribution in [0.1, 0.15) is 37.8 Å². The smallest absolute Gasteiger partial charge is 0.221 e. The van der Waals surface area contributed by atoms with Gasteiger partial charge in [0.1, 0.15) is 11.1 Å². The molecule has 3 heterocycles. The molecule has 4 aliphatic rings. The lowest BCUT2D eigenvalue weighted by atomic mass is 9.62. The van der Waals surface area contributed by atoms with Crippen molar-refractivity contribution in [3.8, 4) is 0 Å². The van der Waals surface area contributed by atoms with Crippen molar-refractivity contribution in [2.24, 2.45) is 11.8 Å². The highest BCUT2D eigenvalue weighted by Gasteiger charge is 2.53. The molecule has 1 aliphatic heterocycles. The number of nitrogens with two attached hydrogens (primary N) is 1. The number of nitrogen functional groups attached to an aromatic ring is 1. The van der Waals surface area contributed by atoms with Crippen molar-refractivity contribution in [3.63, 3.8) is 0 Å². The summed E-state index contributed by atoms with van der Waals surface area (Å²) >= 11 is 1.49. The fraction of sp³-hybridized carbons (Fsp3) is 0.688. The zero-order chi connectivity index (χ0) is 17.2. The molecule has 3 saturated carbocycles. The fourth-order valence-electron chi connectivity index (χ4n) is 4.66. The molecule has 8 nitrogen and oxygen atoms in total. The molecule has 0 radical (unpaired) electrons. The summed E-state index contributed by atoms with van der Waals surface area (Å²) in [4.78, 5) is 20.4. The Balaban J connectivity index is 1.40. The van der Waals surface area contributed by atoms with Crippen LogP contribution in [-0.4, -0.2) is 39.4 Å². The van der Waals surface area contributed by atoms with Crippen molar-refractivity contribution in [1.82, 2.24) is 25.7 Å². The first-order chi connectivity index (χ1) is 12.0. The number of thiazole rings is 1. The molecule has 2 bridgehead atoms. The molecule has 134 valence electrons. The highest BCUT2D eigenvalue weighted by atomic mass is 32.1. The zero-order valence-corrected chi connectivity index (χ0v) is 15.3. The van der Waals surface area contributed by atoms with Gasteiger partial charge >= 0.3 is 0 Å². The minimum absolute atomic E-state index is 0.0493. The number of aryl methyl sites for hydroxylation is 1. The van der Waals surface area contributed by atoms with E-state index in [1.165, 1.54) is 37.0 Å². The van der Waals surface area contributed by atoms with Crippen LogP contribution in [0, 0.1) is 18.8 Å². The number of fused-ring (bicyclic) bond motifs is 3. The third-order valence-corrected chi connectivity index (χ3v) is 7.01. The molecular formula is C16H23N7OS. The summed E-state index contributed by atoms with van der Waals surface area (Å²) in [5.74, 6) is 1.77. The predicted octanol–water partition coefficient (Wildman–Crippen LogP) is 2.03. The topological polar surface area (TPSA) is 92.4 Å².